The van der Waals surface area contributed by atoms with E-state index in [2.05, 4.69) is 77.2 Å². The van der Waals surface area contributed by atoms with E-state index in [0.717, 1.165) is 76.5 Å². The number of rotatable bonds is 9. The Morgan fingerprint density at radius 3 is 2.63 bits per heavy atom. The SMILES string of the molecule is CCOC(=O)[C@@H]1C[C@H]1C(=O)N[C@H]1Cc2nc(cs2)-c2ccc3c(c2)c(c(-c2cc(N4CCN(C)CC4)cnc2[C@H](C)OC)n3CC)CC(C)(C)COC(=O)[C@@H]2CCCN(N2)C1=O. The summed E-state index contributed by atoms with van der Waals surface area (Å²) in [5.74, 6) is -2.69. The highest BCUT2D eigenvalue weighted by Crippen LogP contribution is 2.43. The van der Waals surface area contributed by atoms with Gasteiger partial charge in [-0.3, -0.25) is 29.2 Å². The number of esters is 2. The number of hydrazine groups is 1. The third kappa shape index (κ3) is 8.97. The number of ether oxygens (including phenoxy) is 3. The van der Waals surface area contributed by atoms with Gasteiger partial charge in [0.2, 0.25) is 5.91 Å². The molecule has 0 spiro atoms. The molecule has 0 radical (unpaired) electrons. The van der Waals surface area contributed by atoms with Crippen molar-refractivity contribution in [3.05, 3.63) is 52.1 Å². The fourth-order valence-corrected chi connectivity index (χ4v) is 9.96. The normalized spacial score (nSPS) is 23.7. The van der Waals surface area contributed by atoms with E-state index in [1.807, 2.05) is 18.5 Å². The Morgan fingerprint density at radius 2 is 1.89 bits per heavy atom. The number of fused-ring (bicyclic) bond motifs is 6. The molecule has 0 unspecified atom stereocenters. The van der Waals surface area contributed by atoms with Crippen LogP contribution in [0, 0.1) is 17.3 Å². The predicted molar refractivity (Wildman–Crippen MR) is 237 cm³/mol. The maximum atomic E-state index is 14.3. The quantitative estimate of drug-likeness (QED) is 0.213. The van der Waals surface area contributed by atoms with Crippen LogP contribution < -0.4 is 15.6 Å². The summed E-state index contributed by atoms with van der Waals surface area (Å²) in [4.78, 5) is 69.0. The summed E-state index contributed by atoms with van der Waals surface area (Å²) in [6, 6.07) is 7.00. The van der Waals surface area contributed by atoms with Gasteiger partial charge < -0.3 is 33.9 Å². The fourth-order valence-electron chi connectivity index (χ4n) is 9.11. The smallest absolute Gasteiger partial charge is 0.324 e. The van der Waals surface area contributed by atoms with Crippen molar-refractivity contribution in [2.75, 3.05) is 65.0 Å². The molecule has 332 valence electrons. The average molecular weight is 869 g/mol. The van der Waals surface area contributed by atoms with Crippen molar-refractivity contribution >= 4 is 51.7 Å². The van der Waals surface area contributed by atoms with Gasteiger partial charge in [-0.25, -0.2) is 10.4 Å². The predicted octanol–water partition coefficient (Wildman–Crippen LogP) is 5.15. The second-order valence-corrected chi connectivity index (χ2v) is 18.9. The van der Waals surface area contributed by atoms with Crippen molar-refractivity contribution in [1.82, 2.24) is 35.2 Å². The lowest BCUT2D eigenvalue weighted by atomic mass is 9.84. The van der Waals surface area contributed by atoms with Gasteiger partial charge in [0.05, 0.1) is 65.1 Å². The van der Waals surface area contributed by atoms with Gasteiger partial charge in [0.1, 0.15) is 12.1 Å². The largest absolute Gasteiger partial charge is 0.466 e. The lowest BCUT2D eigenvalue weighted by Crippen LogP contribution is -2.60. The number of benzene rings is 1. The van der Waals surface area contributed by atoms with Crippen molar-refractivity contribution < 1.29 is 33.4 Å². The number of pyridine rings is 1. The minimum Gasteiger partial charge on any atom is -0.466 e. The first kappa shape index (κ1) is 43.7. The standard InChI is InChI=1S/C46H60N8O7S/c1-8-53-38-13-12-28-19-30(38)34(41(53)33-20-29(24-47-40(33)27(3)59-7)52-17-15-51(6)16-18-52)23-46(4,5)26-61-45(58)35-11-10-14-54(50-35)43(56)36(22-39-48-37(28)25-62-39)49-42(55)31-21-32(31)44(57)60-9-2/h12-13,19-20,24-25,27,31-32,35-36,50H,8-11,14-18,21-23,26H2,1-7H3,(H,49,55)/t27-,31+,32+,35-,36-/m0/s1. The van der Waals surface area contributed by atoms with E-state index in [9.17, 15) is 19.2 Å². The summed E-state index contributed by atoms with van der Waals surface area (Å²) in [6.45, 7) is 15.4. The van der Waals surface area contributed by atoms with Gasteiger partial charge in [0.25, 0.3) is 5.91 Å². The van der Waals surface area contributed by atoms with Crippen LogP contribution in [0.15, 0.2) is 35.8 Å². The zero-order chi connectivity index (χ0) is 43.9. The number of hydrogen-bond donors (Lipinski definition) is 2. The van der Waals surface area contributed by atoms with Crippen molar-refractivity contribution in [1.29, 1.82) is 0 Å². The first-order valence-electron chi connectivity index (χ1n) is 22.1. The third-order valence-electron chi connectivity index (χ3n) is 12.8. The first-order chi connectivity index (χ1) is 29.8. The summed E-state index contributed by atoms with van der Waals surface area (Å²) >= 11 is 1.43. The van der Waals surface area contributed by atoms with Crippen molar-refractivity contribution in [2.24, 2.45) is 17.3 Å². The number of nitrogens with one attached hydrogen (secondary N) is 2. The molecule has 4 aromatic rings. The number of methoxy groups -OCH3 is 1. The van der Waals surface area contributed by atoms with Crippen LogP contribution in [0.5, 0.6) is 0 Å². The lowest BCUT2D eigenvalue weighted by molar-refractivity contribution is -0.155. The summed E-state index contributed by atoms with van der Waals surface area (Å²) in [5.41, 5.74) is 10.5. The van der Waals surface area contributed by atoms with E-state index in [0.29, 0.717) is 43.8 Å². The number of cyclic esters (lactones) is 1. The minimum atomic E-state index is -0.987. The highest BCUT2D eigenvalue weighted by atomic mass is 32.1. The van der Waals surface area contributed by atoms with Crippen LogP contribution in [0.3, 0.4) is 0 Å². The van der Waals surface area contributed by atoms with Crippen LogP contribution in [-0.2, 0) is 52.8 Å². The molecular weight excluding hydrogens is 809 g/mol. The third-order valence-corrected chi connectivity index (χ3v) is 13.7. The van der Waals surface area contributed by atoms with Crippen LogP contribution >= 0.6 is 11.3 Å². The number of hydrogen-bond acceptors (Lipinski definition) is 13. The van der Waals surface area contributed by atoms with Gasteiger partial charge in [-0.1, -0.05) is 19.9 Å². The summed E-state index contributed by atoms with van der Waals surface area (Å²) in [6.07, 6.45) is 3.86. The highest BCUT2D eigenvalue weighted by Gasteiger charge is 2.50. The molecular formula is C46H60N8O7S. The summed E-state index contributed by atoms with van der Waals surface area (Å²) < 4.78 is 19.6. The number of aryl methyl sites for hydroxylation is 1. The van der Waals surface area contributed by atoms with E-state index in [1.54, 1.807) is 14.0 Å². The van der Waals surface area contributed by atoms with Crippen molar-refractivity contribution in [2.45, 2.75) is 91.5 Å². The van der Waals surface area contributed by atoms with Gasteiger partial charge in [0.15, 0.2) is 0 Å². The first-order valence-corrected chi connectivity index (χ1v) is 22.9. The van der Waals surface area contributed by atoms with Crippen LogP contribution in [0.4, 0.5) is 5.69 Å². The molecule has 16 heteroatoms. The van der Waals surface area contributed by atoms with Crippen molar-refractivity contribution in [3.63, 3.8) is 0 Å². The van der Waals surface area contributed by atoms with E-state index in [-0.39, 0.29) is 37.6 Å². The molecule has 3 aliphatic heterocycles. The Bertz CT molecular complexity index is 2330. The lowest BCUT2D eigenvalue weighted by Gasteiger charge is -2.35. The second kappa shape index (κ2) is 18.1. The van der Waals surface area contributed by atoms with E-state index >= 15 is 0 Å². The van der Waals surface area contributed by atoms with Crippen LogP contribution in [-0.4, -0.2) is 120 Å². The van der Waals surface area contributed by atoms with E-state index in [4.69, 9.17) is 24.2 Å². The Labute approximate surface area is 367 Å². The Morgan fingerprint density at radius 1 is 1.10 bits per heavy atom. The van der Waals surface area contributed by atoms with Crippen LogP contribution in [0.2, 0.25) is 0 Å². The number of carbonyl (C=O) groups is 4. The number of carbonyl (C=O) groups excluding carboxylic acids is 4. The Balaban J connectivity index is 1.22. The molecule has 15 nitrogen and oxygen atoms in total. The zero-order valence-electron chi connectivity index (χ0n) is 37.0. The number of piperazine rings is 1. The molecule has 5 atom stereocenters. The number of nitrogens with zero attached hydrogens (tertiary/aromatic N) is 6. The zero-order valence-corrected chi connectivity index (χ0v) is 37.8. The molecule has 6 bridgehead atoms. The van der Waals surface area contributed by atoms with Gasteiger partial charge in [0, 0.05) is 85.6 Å². The van der Waals surface area contributed by atoms with Gasteiger partial charge in [-0.15, -0.1) is 11.3 Å². The minimum absolute atomic E-state index is 0.133. The molecule has 4 aliphatic rings. The van der Waals surface area contributed by atoms with E-state index in [1.165, 1.54) is 16.3 Å². The summed E-state index contributed by atoms with van der Waals surface area (Å²) in [5, 5.41) is 8.12. The molecule has 1 aliphatic carbocycles. The second-order valence-electron chi connectivity index (χ2n) is 18.0. The molecule has 8 rings (SSSR count). The Kier molecular flexibility index (Phi) is 12.7. The average Bonchev–Trinajstić information content (AvgIpc) is 3.86. The van der Waals surface area contributed by atoms with Crippen molar-refractivity contribution in [3.8, 4) is 22.5 Å². The summed E-state index contributed by atoms with van der Waals surface area (Å²) in [7, 11) is 3.87. The number of anilines is 1. The molecule has 3 fully saturated rings. The topological polar surface area (TPSA) is 160 Å². The number of amides is 2. The fraction of sp³-hybridized carbons (Fsp3) is 0.565. The molecule has 2 amide bonds. The number of likely N-dealkylation sites (N-methyl/N-ethyl adjacent to an activating group) is 1. The Hall–Kier alpha value is -4.90. The number of aromatic nitrogens is 3. The molecule has 1 aromatic carbocycles. The molecule has 3 aromatic heterocycles. The number of thiazole rings is 1. The van der Waals surface area contributed by atoms with Gasteiger partial charge in [-0.05, 0) is 77.3 Å². The van der Waals surface area contributed by atoms with E-state index < -0.39 is 41.3 Å². The van der Waals surface area contributed by atoms with Gasteiger partial charge in [-0.2, -0.15) is 0 Å². The van der Waals surface area contributed by atoms with Crippen LogP contribution in [0.25, 0.3) is 33.4 Å². The molecule has 62 heavy (non-hydrogen) atoms. The van der Waals surface area contributed by atoms with Crippen LogP contribution in [0.1, 0.15) is 76.3 Å². The maximum Gasteiger partial charge on any atom is 0.324 e. The molecule has 2 N–H and O–H groups in total. The molecule has 2 saturated heterocycles. The molecule has 6 heterocycles. The monoisotopic (exact) mass is 868 g/mol. The van der Waals surface area contributed by atoms with Gasteiger partial charge >= 0.3 is 11.9 Å². The highest BCUT2D eigenvalue weighted by molar-refractivity contribution is 7.10. The molecule has 1 saturated carbocycles. The maximum absolute atomic E-state index is 14.3.